The average molecular weight is 341 g/mol. The second kappa shape index (κ2) is 13.1. The van der Waals surface area contributed by atoms with E-state index in [1.165, 1.54) is 63.4 Å². The molecular formula is C19H35NO4. The van der Waals surface area contributed by atoms with Crippen molar-refractivity contribution in [2.24, 2.45) is 0 Å². The third kappa shape index (κ3) is 8.02. The Bertz CT molecular complexity index is 359. The van der Waals surface area contributed by atoms with Crippen LogP contribution in [0.5, 0.6) is 0 Å². The Kier molecular flexibility index (Phi) is 11.3. The first kappa shape index (κ1) is 20.8. The summed E-state index contributed by atoms with van der Waals surface area (Å²) in [5.41, 5.74) is 0. The summed E-state index contributed by atoms with van der Waals surface area (Å²) in [5.74, 6) is -0.283. The number of esters is 1. The number of hydrogen-bond donors (Lipinski definition) is 0. The average Bonchev–Trinajstić information content (AvgIpc) is 3.08. The summed E-state index contributed by atoms with van der Waals surface area (Å²) in [6, 6.07) is -0.458. The van der Waals surface area contributed by atoms with Crippen molar-refractivity contribution in [1.82, 2.24) is 4.90 Å². The standard InChI is InChI=1S/C19H35NO4/c1-3-4-5-6-7-8-9-10-11-12-16-24-18(21)17-14-13-15-20(17)19(22)23-2/h17H,3-16H2,1-2H3/t17-/m0/s1. The molecule has 0 spiro atoms. The van der Waals surface area contributed by atoms with E-state index >= 15 is 0 Å². The highest BCUT2D eigenvalue weighted by molar-refractivity contribution is 5.82. The number of carbonyl (C=O) groups is 2. The highest BCUT2D eigenvalue weighted by Gasteiger charge is 2.35. The van der Waals surface area contributed by atoms with Gasteiger partial charge >= 0.3 is 12.1 Å². The third-order valence-corrected chi connectivity index (χ3v) is 4.68. The molecule has 1 saturated heterocycles. The minimum Gasteiger partial charge on any atom is -0.464 e. The molecule has 0 saturated carbocycles. The van der Waals surface area contributed by atoms with Gasteiger partial charge in [-0.3, -0.25) is 4.90 Å². The van der Waals surface area contributed by atoms with Crippen LogP contribution in [0.2, 0.25) is 0 Å². The van der Waals surface area contributed by atoms with Gasteiger partial charge in [0.25, 0.3) is 0 Å². The van der Waals surface area contributed by atoms with Gasteiger partial charge < -0.3 is 9.47 Å². The molecule has 5 heteroatoms. The number of methoxy groups -OCH3 is 1. The summed E-state index contributed by atoms with van der Waals surface area (Å²) in [6.45, 7) is 3.28. The molecule has 1 amide bonds. The summed E-state index contributed by atoms with van der Waals surface area (Å²) < 4.78 is 10.0. The van der Waals surface area contributed by atoms with Gasteiger partial charge in [0.05, 0.1) is 13.7 Å². The molecule has 0 aromatic heterocycles. The van der Waals surface area contributed by atoms with Gasteiger partial charge in [0.1, 0.15) is 6.04 Å². The van der Waals surface area contributed by atoms with Crippen molar-refractivity contribution in [3.8, 4) is 0 Å². The maximum atomic E-state index is 12.1. The van der Waals surface area contributed by atoms with E-state index in [0.717, 1.165) is 19.3 Å². The first-order valence-electron chi connectivity index (χ1n) is 9.72. The van der Waals surface area contributed by atoms with Gasteiger partial charge in [-0.05, 0) is 19.3 Å². The lowest BCUT2D eigenvalue weighted by Gasteiger charge is -2.21. The molecule has 1 aliphatic heterocycles. The fourth-order valence-electron chi connectivity index (χ4n) is 3.21. The van der Waals surface area contributed by atoms with Crippen LogP contribution in [0.4, 0.5) is 4.79 Å². The SMILES string of the molecule is CCCCCCCCCCCCOC(=O)[C@@H]1CCCN1C(=O)OC. The zero-order valence-corrected chi connectivity index (χ0v) is 15.6. The molecular weight excluding hydrogens is 306 g/mol. The smallest absolute Gasteiger partial charge is 0.410 e. The fraction of sp³-hybridized carbons (Fsp3) is 0.895. The molecule has 0 bridgehead atoms. The normalized spacial score (nSPS) is 17.1. The van der Waals surface area contributed by atoms with E-state index in [4.69, 9.17) is 9.47 Å². The number of rotatable bonds is 12. The van der Waals surface area contributed by atoms with Crippen LogP contribution in [-0.4, -0.2) is 43.3 Å². The summed E-state index contributed by atoms with van der Waals surface area (Å²) >= 11 is 0. The number of ether oxygens (including phenoxy) is 2. The van der Waals surface area contributed by atoms with E-state index < -0.39 is 12.1 Å². The molecule has 1 heterocycles. The number of likely N-dealkylation sites (tertiary alicyclic amines) is 1. The van der Waals surface area contributed by atoms with Crippen LogP contribution in [0, 0.1) is 0 Å². The summed E-state index contributed by atoms with van der Waals surface area (Å²) in [7, 11) is 1.34. The van der Waals surface area contributed by atoms with E-state index in [1.807, 2.05) is 0 Å². The molecule has 5 nitrogen and oxygen atoms in total. The van der Waals surface area contributed by atoms with Gasteiger partial charge in [0.2, 0.25) is 0 Å². The Morgan fingerprint density at radius 2 is 1.54 bits per heavy atom. The molecule has 0 N–H and O–H groups in total. The van der Waals surface area contributed by atoms with Crippen molar-refractivity contribution in [1.29, 1.82) is 0 Å². The van der Waals surface area contributed by atoms with Crippen molar-refractivity contribution in [3.05, 3.63) is 0 Å². The van der Waals surface area contributed by atoms with Gasteiger partial charge in [-0.1, -0.05) is 64.7 Å². The molecule has 0 aromatic carbocycles. The highest BCUT2D eigenvalue weighted by Crippen LogP contribution is 2.19. The fourth-order valence-corrected chi connectivity index (χ4v) is 3.21. The number of unbranched alkanes of at least 4 members (excludes halogenated alkanes) is 9. The molecule has 1 aliphatic rings. The Balaban J connectivity index is 1.99. The summed E-state index contributed by atoms with van der Waals surface area (Å²) in [4.78, 5) is 25.1. The second-order valence-electron chi connectivity index (χ2n) is 6.67. The minimum atomic E-state index is -0.458. The van der Waals surface area contributed by atoms with Crippen LogP contribution < -0.4 is 0 Å². The lowest BCUT2D eigenvalue weighted by Crippen LogP contribution is -2.41. The third-order valence-electron chi connectivity index (χ3n) is 4.68. The molecule has 0 unspecified atom stereocenters. The molecule has 0 radical (unpaired) electrons. The Hall–Kier alpha value is -1.26. The van der Waals surface area contributed by atoms with Crippen LogP contribution in [-0.2, 0) is 14.3 Å². The first-order valence-corrected chi connectivity index (χ1v) is 9.72. The molecule has 0 aromatic rings. The van der Waals surface area contributed by atoms with Crippen LogP contribution >= 0.6 is 0 Å². The van der Waals surface area contributed by atoms with Gasteiger partial charge in [0.15, 0.2) is 0 Å². The number of hydrogen-bond acceptors (Lipinski definition) is 4. The number of carbonyl (C=O) groups excluding carboxylic acids is 2. The lowest BCUT2D eigenvalue weighted by molar-refractivity contribution is -0.148. The van der Waals surface area contributed by atoms with Gasteiger partial charge in [-0.2, -0.15) is 0 Å². The predicted molar refractivity (Wildman–Crippen MR) is 94.9 cm³/mol. The van der Waals surface area contributed by atoms with Crippen LogP contribution in [0.25, 0.3) is 0 Å². The van der Waals surface area contributed by atoms with Crippen molar-refractivity contribution >= 4 is 12.1 Å². The Morgan fingerprint density at radius 1 is 0.958 bits per heavy atom. The quantitative estimate of drug-likeness (QED) is 0.382. The minimum absolute atomic E-state index is 0.283. The van der Waals surface area contributed by atoms with Gasteiger partial charge in [0, 0.05) is 6.54 Å². The van der Waals surface area contributed by atoms with Crippen LogP contribution in [0.3, 0.4) is 0 Å². The van der Waals surface area contributed by atoms with Crippen molar-refractivity contribution < 1.29 is 19.1 Å². The van der Waals surface area contributed by atoms with Crippen molar-refractivity contribution in [3.63, 3.8) is 0 Å². The first-order chi connectivity index (χ1) is 11.7. The zero-order chi connectivity index (χ0) is 17.6. The molecule has 140 valence electrons. The molecule has 0 aliphatic carbocycles. The molecule has 1 atom stereocenters. The van der Waals surface area contributed by atoms with E-state index in [1.54, 1.807) is 0 Å². The number of nitrogens with zero attached hydrogens (tertiary/aromatic N) is 1. The van der Waals surface area contributed by atoms with Crippen molar-refractivity contribution in [2.75, 3.05) is 20.3 Å². The topological polar surface area (TPSA) is 55.8 Å². The van der Waals surface area contributed by atoms with E-state index in [-0.39, 0.29) is 5.97 Å². The van der Waals surface area contributed by atoms with E-state index in [0.29, 0.717) is 19.6 Å². The maximum Gasteiger partial charge on any atom is 0.410 e. The lowest BCUT2D eigenvalue weighted by atomic mass is 10.1. The summed E-state index contributed by atoms with van der Waals surface area (Å²) in [5, 5.41) is 0. The molecule has 24 heavy (non-hydrogen) atoms. The monoisotopic (exact) mass is 341 g/mol. The van der Waals surface area contributed by atoms with E-state index in [9.17, 15) is 9.59 Å². The Labute approximate surface area is 147 Å². The maximum absolute atomic E-state index is 12.1. The van der Waals surface area contributed by atoms with Crippen LogP contribution in [0.1, 0.15) is 84.0 Å². The van der Waals surface area contributed by atoms with Crippen LogP contribution in [0.15, 0.2) is 0 Å². The highest BCUT2D eigenvalue weighted by atomic mass is 16.6. The molecule has 1 fully saturated rings. The van der Waals surface area contributed by atoms with Gasteiger partial charge in [-0.25, -0.2) is 9.59 Å². The largest absolute Gasteiger partial charge is 0.464 e. The number of amides is 1. The van der Waals surface area contributed by atoms with Crippen molar-refractivity contribution in [2.45, 2.75) is 90.0 Å². The molecule has 1 rings (SSSR count). The zero-order valence-electron chi connectivity index (χ0n) is 15.6. The second-order valence-corrected chi connectivity index (χ2v) is 6.67. The summed E-state index contributed by atoms with van der Waals surface area (Å²) in [6.07, 6.45) is 13.6. The van der Waals surface area contributed by atoms with E-state index in [2.05, 4.69) is 6.92 Å². The Morgan fingerprint density at radius 3 is 2.12 bits per heavy atom. The predicted octanol–water partition coefficient (Wildman–Crippen LogP) is 4.68. The van der Waals surface area contributed by atoms with Gasteiger partial charge in [-0.15, -0.1) is 0 Å².